The standard InChI is InChI=1S/C19H12Cl3N5OS/c1-23-17-11-4-9(2-3-14(11)24-8-25-17)5-15-18(28)27-19(29-15)26-16-12(21)6-10(20)7-13(16)22/h2-8H,1H3,(H,23,24,25)(H,26,27,28)/b15-5-. The summed E-state index contributed by atoms with van der Waals surface area (Å²) in [4.78, 5) is 25.7. The van der Waals surface area contributed by atoms with E-state index in [1.54, 1.807) is 25.3 Å². The van der Waals surface area contributed by atoms with Gasteiger partial charge in [-0.25, -0.2) is 15.0 Å². The number of benzene rings is 2. The molecule has 0 spiro atoms. The van der Waals surface area contributed by atoms with Crippen LogP contribution in [0.5, 0.6) is 0 Å². The van der Waals surface area contributed by atoms with Crippen LogP contribution in [-0.4, -0.2) is 28.1 Å². The van der Waals surface area contributed by atoms with Gasteiger partial charge in [-0.1, -0.05) is 40.9 Å². The van der Waals surface area contributed by atoms with E-state index in [-0.39, 0.29) is 5.91 Å². The van der Waals surface area contributed by atoms with E-state index in [2.05, 4.69) is 25.6 Å². The number of amides is 1. The van der Waals surface area contributed by atoms with Crippen molar-refractivity contribution < 1.29 is 4.79 Å². The van der Waals surface area contributed by atoms with Gasteiger partial charge in [0, 0.05) is 17.5 Å². The van der Waals surface area contributed by atoms with Crippen LogP contribution < -0.4 is 10.6 Å². The molecule has 0 unspecified atom stereocenters. The second-order valence-electron chi connectivity index (χ2n) is 5.95. The molecular formula is C19H12Cl3N5OS. The lowest BCUT2D eigenvalue weighted by atomic mass is 10.1. The van der Waals surface area contributed by atoms with Crippen LogP contribution in [0.2, 0.25) is 15.1 Å². The fraction of sp³-hybridized carbons (Fsp3) is 0.0526. The lowest BCUT2D eigenvalue weighted by molar-refractivity contribution is -0.115. The van der Waals surface area contributed by atoms with Crippen LogP contribution in [0.4, 0.5) is 11.5 Å². The van der Waals surface area contributed by atoms with Crippen molar-refractivity contribution in [2.75, 3.05) is 12.4 Å². The third kappa shape index (κ3) is 4.18. The average molecular weight is 465 g/mol. The first-order valence-electron chi connectivity index (χ1n) is 8.31. The predicted molar refractivity (Wildman–Crippen MR) is 121 cm³/mol. The largest absolute Gasteiger partial charge is 0.373 e. The minimum absolute atomic E-state index is 0.256. The summed E-state index contributed by atoms with van der Waals surface area (Å²) in [7, 11) is 1.79. The molecule has 0 bridgehead atoms. The molecule has 0 radical (unpaired) electrons. The van der Waals surface area contributed by atoms with E-state index in [1.165, 1.54) is 18.1 Å². The molecule has 4 rings (SSSR count). The number of thioether (sulfide) groups is 1. The van der Waals surface area contributed by atoms with Gasteiger partial charge in [-0.3, -0.25) is 4.79 Å². The number of anilines is 1. The molecule has 1 aliphatic heterocycles. The summed E-state index contributed by atoms with van der Waals surface area (Å²) in [6.45, 7) is 0. The SMILES string of the molecule is CNc1ncnc2ccc(/C=C3\S/C(=N\c4c(Cl)cc(Cl)cc4Cl)NC3=O)cc12. The Bertz CT molecular complexity index is 1190. The average Bonchev–Trinajstić information content (AvgIpc) is 3.03. The van der Waals surface area contributed by atoms with Gasteiger partial charge >= 0.3 is 0 Å². The second kappa shape index (κ2) is 8.20. The van der Waals surface area contributed by atoms with Crippen LogP contribution in [0.1, 0.15) is 5.56 Å². The van der Waals surface area contributed by atoms with E-state index in [9.17, 15) is 4.79 Å². The maximum atomic E-state index is 12.4. The molecule has 146 valence electrons. The molecule has 1 amide bonds. The third-order valence-corrected chi connectivity index (χ3v) is 5.74. The first-order chi connectivity index (χ1) is 13.9. The Morgan fingerprint density at radius 1 is 1.14 bits per heavy atom. The van der Waals surface area contributed by atoms with Crippen LogP contribution in [0.15, 0.2) is 46.6 Å². The summed E-state index contributed by atoms with van der Waals surface area (Å²) >= 11 is 19.5. The lowest BCUT2D eigenvalue weighted by Gasteiger charge is -2.05. The molecule has 2 N–H and O–H groups in total. The molecule has 6 nitrogen and oxygen atoms in total. The van der Waals surface area contributed by atoms with Gasteiger partial charge in [0.15, 0.2) is 5.17 Å². The van der Waals surface area contributed by atoms with Gasteiger partial charge in [-0.05, 0) is 47.7 Å². The number of carbonyl (C=O) groups excluding carboxylic acids is 1. The first-order valence-corrected chi connectivity index (χ1v) is 10.3. The molecule has 2 aromatic carbocycles. The van der Waals surface area contributed by atoms with Crippen LogP contribution in [0, 0.1) is 0 Å². The number of aliphatic imine (C=N–C) groups is 1. The van der Waals surface area contributed by atoms with Crippen LogP contribution in [0.25, 0.3) is 17.0 Å². The highest BCUT2D eigenvalue weighted by Gasteiger charge is 2.24. The normalized spacial score (nSPS) is 16.6. The fourth-order valence-electron chi connectivity index (χ4n) is 2.74. The Morgan fingerprint density at radius 2 is 1.90 bits per heavy atom. The van der Waals surface area contributed by atoms with E-state index >= 15 is 0 Å². The summed E-state index contributed by atoms with van der Waals surface area (Å²) in [5.74, 6) is 0.459. The third-order valence-electron chi connectivity index (χ3n) is 4.04. The number of hydrogen-bond acceptors (Lipinski definition) is 6. The summed E-state index contributed by atoms with van der Waals surface area (Å²) < 4.78 is 0. The van der Waals surface area contributed by atoms with Gasteiger partial charge in [0.05, 0.1) is 20.5 Å². The summed E-state index contributed by atoms with van der Waals surface area (Å²) in [5.41, 5.74) is 2.00. The Hall–Kier alpha value is -2.32. The van der Waals surface area contributed by atoms with Crippen molar-refractivity contribution in [3.63, 3.8) is 0 Å². The van der Waals surface area contributed by atoms with Gasteiger partial charge in [0.1, 0.15) is 17.8 Å². The van der Waals surface area contributed by atoms with Crippen molar-refractivity contribution in [1.29, 1.82) is 0 Å². The summed E-state index contributed by atoms with van der Waals surface area (Å²) in [6.07, 6.45) is 3.28. The molecule has 1 aromatic heterocycles. The van der Waals surface area contributed by atoms with Crippen LogP contribution in [-0.2, 0) is 4.79 Å². The van der Waals surface area contributed by atoms with Crippen molar-refractivity contribution in [2.24, 2.45) is 4.99 Å². The Labute approximate surface area is 185 Å². The quantitative estimate of drug-likeness (QED) is 0.499. The topological polar surface area (TPSA) is 79.3 Å². The van der Waals surface area contributed by atoms with E-state index in [0.717, 1.165) is 16.5 Å². The number of nitrogens with one attached hydrogen (secondary N) is 2. The Balaban J connectivity index is 1.66. The van der Waals surface area contributed by atoms with Gasteiger partial charge in [0.25, 0.3) is 5.91 Å². The van der Waals surface area contributed by atoms with Gasteiger partial charge in [0.2, 0.25) is 0 Å². The molecule has 10 heteroatoms. The van der Waals surface area contributed by atoms with E-state index in [0.29, 0.717) is 36.6 Å². The first kappa shape index (κ1) is 20.0. The maximum absolute atomic E-state index is 12.4. The van der Waals surface area contributed by atoms with Crippen molar-refractivity contribution in [2.45, 2.75) is 0 Å². The van der Waals surface area contributed by atoms with Crippen LogP contribution >= 0.6 is 46.6 Å². The minimum atomic E-state index is -0.256. The number of carbonyl (C=O) groups is 1. The highest BCUT2D eigenvalue weighted by Crippen LogP contribution is 2.38. The summed E-state index contributed by atoms with van der Waals surface area (Å²) in [5, 5.41) is 8.02. The number of halogens is 3. The smallest absolute Gasteiger partial charge is 0.264 e. The Morgan fingerprint density at radius 3 is 2.62 bits per heavy atom. The number of amidine groups is 1. The molecule has 29 heavy (non-hydrogen) atoms. The fourth-order valence-corrected chi connectivity index (χ4v) is 4.47. The number of rotatable bonds is 3. The molecule has 0 aliphatic carbocycles. The predicted octanol–water partition coefficient (Wildman–Crippen LogP) is 5.52. The van der Waals surface area contributed by atoms with Gasteiger partial charge in [-0.2, -0.15) is 0 Å². The van der Waals surface area contributed by atoms with Gasteiger partial charge < -0.3 is 10.6 Å². The molecule has 2 heterocycles. The second-order valence-corrected chi connectivity index (χ2v) is 8.23. The van der Waals surface area contributed by atoms with Gasteiger partial charge in [-0.15, -0.1) is 0 Å². The molecule has 1 saturated heterocycles. The van der Waals surface area contributed by atoms with Crippen LogP contribution in [0.3, 0.4) is 0 Å². The molecular weight excluding hydrogens is 453 g/mol. The van der Waals surface area contributed by atoms with E-state index in [1.807, 2.05) is 18.2 Å². The molecule has 0 atom stereocenters. The number of aromatic nitrogens is 2. The molecule has 0 saturated carbocycles. The van der Waals surface area contributed by atoms with Crippen molar-refractivity contribution in [3.8, 4) is 0 Å². The molecule has 1 fully saturated rings. The zero-order valence-electron chi connectivity index (χ0n) is 14.8. The maximum Gasteiger partial charge on any atom is 0.264 e. The zero-order chi connectivity index (χ0) is 20.5. The Kier molecular flexibility index (Phi) is 5.65. The molecule has 3 aromatic rings. The monoisotopic (exact) mass is 463 g/mol. The highest BCUT2D eigenvalue weighted by atomic mass is 35.5. The zero-order valence-corrected chi connectivity index (χ0v) is 17.9. The number of fused-ring (bicyclic) bond motifs is 1. The van der Waals surface area contributed by atoms with Crippen molar-refractivity contribution in [1.82, 2.24) is 15.3 Å². The summed E-state index contributed by atoms with van der Waals surface area (Å²) in [6, 6.07) is 8.78. The van der Waals surface area contributed by atoms with Crippen molar-refractivity contribution in [3.05, 3.63) is 62.2 Å². The highest BCUT2D eigenvalue weighted by molar-refractivity contribution is 8.18. The minimum Gasteiger partial charge on any atom is -0.373 e. The molecule has 1 aliphatic rings. The number of nitrogens with zero attached hydrogens (tertiary/aromatic N) is 3. The van der Waals surface area contributed by atoms with E-state index < -0.39 is 0 Å². The lowest BCUT2D eigenvalue weighted by Crippen LogP contribution is -2.19. The van der Waals surface area contributed by atoms with E-state index in [4.69, 9.17) is 34.8 Å². The van der Waals surface area contributed by atoms with Crippen molar-refractivity contribution >= 4 is 86.1 Å². The number of hydrogen-bond donors (Lipinski definition) is 2.